The fraction of sp³-hybridized carbons (Fsp3) is 0.200. The molecule has 0 saturated carbocycles. The highest BCUT2D eigenvalue weighted by atomic mass is 15.1. The lowest BCUT2D eigenvalue weighted by Gasteiger charge is -1.98. The van der Waals surface area contributed by atoms with Crippen LogP contribution in [0.3, 0.4) is 0 Å². The second-order valence-corrected chi connectivity index (χ2v) is 4.49. The Morgan fingerprint density at radius 3 is 2.74 bits per heavy atom. The molecule has 2 aromatic heterocycles. The van der Waals surface area contributed by atoms with Gasteiger partial charge in [-0.15, -0.1) is 0 Å². The van der Waals surface area contributed by atoms with Crippen molar-refractivity contribution in [2.24, 2.45) is 5.73 Å². The maximum Gasteiger partial charge on any atom is 0.160 e. The van der Waals surface area contributed by atoms with E-state index in [-0.39, 0.29) is 0 Å². The van der Waals surface area contributed by atoms with Gasteiger partial charge in [-0.25, -0.2) is 9.97 Å². The zero-order valence-electron chi connectivity index (χ0n) is 10.7. The van der Waals surface area contributed by atoms with Crippen molar-refractivity contribution in [2.75, 3.05) is 6.54 Å². The summed E-state index contributed by atoms with van der Waals surface area (Å²) in [6.45, 7) is 0.596. The van der Waals surface area contributed by atoms with E-state index in [9.17, 15) is 0 Å². The van der Waals surface area contributed by atoms with Crippen LogP contribution in [0.4, 0.5) is 0 Å². The first-order chi connectivity index (χ1) is 9.38. The van der Waals surface area contributed by atoms with E-state index in [1.807, 2.05) is 34.9 Å². The molecule has 3 aromatic rings. The molecule has 0 aliphatic heterocycles. The number of fused-ring (bicyclic) bond motifs is 1. The number of benzene rings is 1. The molecule has 19 heavy (non-hydrogen) atoms. The van der Waals surface area contributed by atoms with E-state index < -0.39 is 0 Å². The Labute approximate surface area is 111 Å². The van der Waals surface area contributed by atoms with Gasteiger partial charge in [0.15, 0.2) is 5.65 Å². The van der Waals surface area contributed by atoms with Crippen LogP contribution in [0.2, 0.25) is 0 Å². The minimum absolute atomic E-state index is 0.596. The van der Waals surface area contributed by atoms with Gasteiger partial charge in [-0.05, 0) is 18.2 Å². The summed E-state index contributed by atoms with van der Waals surface area (Å²) >= 11 is 0. The summed E-state index contributed by atoms with van der Waals surface area (Å²) in [6, 6.07) is 12.2. The Kier molecular flexibility index (Phi) is 3.25. The molecule has 3 rings (SSSR count). The summed E-state index contributed by atoms with van der Waals surface area (Å²) in [6.07, 6.45) is 5.36. The summed E-state index contributed by atoms with van der Waals surface area (Å²) in [7, 11) is 0. The third-order valence-corrected chi connectivity index (χ3v) is 3.13. The van der Waals surface area contributed by atoms with Gasteiger partial charge in [0.05, 0.1) is 5.69 Å². The number of nitrogens with two attached hydrogens (primary N) is 1. The lowest BCUT2D eigenvalue weighted by Crippen LogP contribution is -2.06. The van der Waals surface area contributed by atoms with E-state index in [1.165, 1.54) is 5.56 Å². The number of imidazole rings is 1. The Balaban J connectivity index is 2.03. The van der Waals surface area contributed by atoms with Gasteiger partial charge in [0.2, 0.25) is 0 Å². The molecule has 2 N–H and O–H groups in total. The average Bonchev–Trinajstić information content (AvgIpc) is 2.79. The van der Waals surface area contributed by atoms with Crippen molar-refractivity contribution in [1.29, 1.82) is 0 Å². The lowest BCUT2D eigenvalue weighted by atomic mass is 10.1. The van der Waals surface area contributed by atoms with Crippen molar-refractivity contribution in [2.45, 2.75) is 12.8 Å². The van der Waals surface area contributed by atoms with Crippen molar-refractivity contribution in [1.82, 2.24) is 14.4 Å². The molecule has 4 nitrogen and oxygen atoms in total. The first kappa shape index (κ1) is 11.9. The van der Waals surface area contributed by atoms with Gasteiger partial charge in [-0.3, -0.25) is 4.40 Å². The van der Waals surface area contributed by atoms with Crippen molar-refractivity contribution in [3.05, 3.63) is 65.9 Å². The van der Waals surface area contributed by atoms with Crippen LogP contribution in [0, 0.1) is 0 Å². The van der Waals surface area contributed by atoms with Crippen LogP contribution in [-0.2, 0) is 12.8 Å². The molecule has 0 bridgehead atoms. The van der Waals surface area contributed by atoms with Crippen molar-refractivity contribution in [3.8, 4) is 0 Å². The van der Waals surface area contributed by atoms with Gasteiger partial charge >= 0.3 is 0 Å². The average molecular weight is 252 g/mol. The second-order valence-electron chi connectivity index (χ2n) is 4.49. The normalized spacial score (nSPS) is 11.0. The minimum Gasteiger partial charge on any atom is -0.330 e. The third kappa shape index (κ3) is 2.35. The number of rotatable bonds is 4. The first-order valence-electron chi connectivity index (χ1n) is 6.43. The molecule has 0 amide bonds. The maximum absolute atomic E-state index is 5.64. The lowest BCUT2D eigenvalue weighted by molar-refractivity contribution is 0.855. The van der Waals surface area contributed by atoms with Gasteiger partial charge in [0, 0.05) is 25.2 Å². The highest BCUT2D eigenvalue weighted by Gasteiger charge is 2.11. The summed E-state index contributed by atoms with van der Waals surface area (Å²) in [4.78, 5) is 9.13. The molecule has 0 aliphatic rings. The zero-order chi connectivity index (χ0) is 13.1. The SMILES string of the molecule is NCCc1nc(Cc2ccccc2)c2ncccn12. The fourth-order valence-electron chi connectivity index (χ4n) is 2.27. The van der Waals surface area contributed by atoms with Gasteiger partial charge < -0.3 is 5.73 Å². The van der Waals surface area contributed by atoms with E-state index in [0.29, 0.717) is 6.54 Å². The molecule has 0 saturated heterocycles. The van der Waals surface area contributed by atoms with Gasteiger partial charge in [0.25, 0.3) is 0 Å². The molecule has 4 heteroatoms. The molecule has 96 valence electrons. The number of hydrogen-bond acceptors (Lipinski definition) is 3. The van der Waals surface area contributed by atoms with Crippen LogP contribution < -0.4 is 5.73 Å². The molecular weight excluding hydrogens is 236 g/mol. The second kappa shape index (κ2) is 5.20. The number of nitrogens with zero attached hydrogens (tertiary/aromatic N) is 3. The van der Waals surface area contributed by atoms with Crippen LogP contribution >= 0.6 is 0 Å². The van der Waals surface area contributed by atoms with Crippen LogP contribution in [0.5, 0.6) is 0 Å². The fourth-order valence-corrected chi connectivity index (χ4v) is 2.27. The summed E-state index contributed by atoms with van der Waals surface area (Å²) < 4.78 is 2.03. The largest absolute Gasteiger partial charge is 0.330 e. The molecule has 0 aliphatic carbocycles. The quantitative estimate of drug-likeness (QED) is 0.770. The van der Waals surface area contributed by atoms with Crippen LogP contribution in [-0.4, -0.2) is 20.9 Å². The van der Waals surface area contributed by atoms with Gasteiger partial charge in [-0.2, -0.15) is 0 Å². The van der Waals surface area contributed by atoms with Gasteiger partial charge in [-0.1, -0.05) is 30.3 Å². The van der Waals surface area contributed by atoms with Crippen LogP contribution in [0.1, 0.15) is 17.1 Å². The Hall–Kier alpha value is -2.20. The maximum atomic E-state index is 5.64. The topological polar surface area (TPSA) is 56.2 Å². The molecule has 0 fully saturated rings. The Morgan fingerprint density at radius 1 is 1.11 bits per heavy atom. The van der Waals surface area contributed by atoms with Crippen molar-refractivity contribution >= 4 is 5.65 Å². The van der Waals surface area contributed by atoms with E-state index in [0.717, 1.165) is 30.0 Å². The first-order valence-corrected chi connectivity index (χ1v) is 6.43. The minimum atomic E-state index is 0.596. The van der Waals surface area contributed by atoms with E-state index in [1.54, 1.807) is 6.20 Å². The highest BCUT2D eigenvalue weighted by molar-refractivity contribution is 5.47. The Bertz CT molecular complexity index is 673. The van der Waals surface area contributed by atoms with Crippen molar-refractivity contribution < 1.29 is 0 Å². The molecule has 2 heterocycles. The third-order valence-electron chi connectivity index (χ3n) is 3.13. The van der Waals surface area contributed by atoms with Gasteiger partial charge in [0.1, 0.15) is 5.82 Å². The number of hydrogen-bond donors (Lipinski definition) is 1. The molecule has 0 atom stereocenters. The molecule has 0 radical (unpaired) electrons. The van der Waals surface area contributed by atoms with Crippen LogP contribution in [0.25, 0.3) is 5.65 Å². The number of aromatic nitrogens is 3. The van der Waals surface area contributed by atoms with Crippen molar-refractivity contribution in [3.63, 3.8) is 0 Å². The predicted octanol–water partition coefficient (Wildman–Crippen LogP) is 1.82. The molecular formula is C15H16N4. The highest BCUT2D eigenvalue weighted by Crippen LogP contribution is 2.15. The summed E-state index contributed by atoms with van der Waals surface area (Å²) in [5, 5.41) is 0. The predicted molar refractivity (Wildman–Crippen MR) is 75.0 cm³/mol. The molecule has 0 spiro atoms. The van der Waals surface area contributed by atoms with E-state index in [4.69, 9.17) is 10.7 Å². The van der Waals surface area contributed by atoms with E-state index in [2.05, 4.69) is 17.1 Å². The van der Waals surface area contributed by atoms with E-state index >= 15 is 0 Å². The Morgan fingerprint density at radius 2 is 1.95 bits per heavy atom. The van der Waals surface area contributed by atoms with Crippen LogP contribution in [0.15, 0.2) is 48.8 Å². The summed E-state index contributed by atoms with van der Waals surface area (Å²) in [5.41, 5.74) is 8.82. The smallest absolute Gasteiger partial charge is 0.160 e. The standard InChI is InChI=1S/C15H16N4/c16-8-7-14-18-13(11-12-5-2-1-3-6-12)15-17-9-4-10-19(14)15/h1-6,9-10H,7-8,11,16H2. The molecule has 0 unspecified atom stereocenters. The summed E-state index contributed by atoms with van der Waals surface area (Å²) in [5.74, 6) is 0.983. The monoisotopic (exact) mass is 252 g/mol. The molecule has 1 aromatic carbocycles. The zero-order valence-corrected chi connectivity index (χ0v) is 10.7.